The van der Waals surface area contributed by atoms with Crippen molar-refractivity contribution in [3.05, 3.63) is 60.2 Å². The number of rotatable bonds is 7. The fourth-order valence-corrected chi connectivity index (χ4v) is 4.98. The van der Waals surface area contributed by atoms with E-state index < -0.39 is 16.1 Å². The van der Waals surface area contributed by atoms with Gasteiger partial charge in [0.1, 0.15) is 5.75 Å². The van der Waals surface area contributed by atoms with Gasteiger partial charge in [-0.05, 0) is 55.5 Å². The third-order valence-electron chi connectivity index (χ3n) is 5.41. The van der Waals surface area contributed by atoms with Gasteiger partial charge in [0, 0.05) is 19.1 Å². The summed E-state index contributed by atoms with van der Waals surface area (Å²) < 4.78 is 32.7. The second kappa shape index (κ2) is 9.62. The van der Waals surface area contributed by atoms with Gasteiger partial charge in [-0.2, -0.15) is 4.31 Å². The van der Waals surface area contributed by atoms with Crippen molar-refractivity contribution in [3.8, 4) is 5.75 Å². The van der Waals surface area contributed by atoms with Crippen LogP contribution < -0.4 is 10.1 Å². The van der Waals surface area contributed by atoms with Crippen molar-refractivity contribution in [1.29, 1.82) is 0 Å². The lowest BCUT2D eigenvalue weighted by Gasteiger charge is -2.32. The van der Waals surface area contributed by atoms with Gasteiger partial charge in [-0.3, -0.25) is 4.79 Å². The molecule has 1 N–H and O–H groups in total. The number of hydrogen-bond acceptors (Lipinski definition) is 4. The number of carbonyl (C=O) groups excluding carboxylic acids is 1. The minimum atomic E-state index is -3.48. The van der Waals surface area contributed by atoms with E-state index in [1.807, 2.05) is 24.3 Å². The van der Waals surface area contributed by atoms with Crippen LogP contribution in [0.25, 0.3) is 0 Å². The molecule has 0 aliphatic carbocycles. The lowest BCUT2D eigenvalue weighted by atomic mass is 10.0. The van der Waals surface area contributed by atoms with Crippen LogP contribution in [0, 0.1) is 0 Å². The van der Waals surface area contributed by atoms with Crippen LogP contribution in [-0.2, 0) is 14.8 Å². The van der Waals surface area contributed by atoms with E-state index in [1.54, 1.807) is 37.3 Å². The molecule has 1 heterocycles. The SMILES string of the molecule is CC(Oc1ccc(C(C)C)cc1)C(=O)NC1CCN(S(=O)(=O)c2ccccc2)CC1. The standard InChI is InChI=1S/C23H30N2O4S/c1-17(2)19-9-11-21(12-10-19)29-18(3)23(26)24-20-13-15-25(16-14-20)30(27,28)22-7-5-4-6-8-22/h4-12,17-18,20H,13-16H2,1-3H3,(H,24,26). The van der Waals surface area contributed by atoms with Gasteiger partial charge in [0.05, 0.1) is 4.90 Å². The Hall–Kier alpha value is -2.38. The number of carbonyl (C=O) groups is 1. The van der Waals surface area contributed by atoms with Crippen LogP contribution in [0.15, 0.2) is 59.5 Å². The van der Waals surface area contributed by atoms with Gasteiger partial charge < -0.3 is 10.1 Å². The molecule has 1 aliphatic rings. The Kier molecular flexibility index (Phi) is 7.15. The van der Waals surface area contributed by atoms with E-state index in [0.717, 1.165) is 0 Å². The van der Waals surface area contributed by atoms with Crippen LogP contribution in [-0.4, -0.2) is 43.9 Å². The first kappa shape index (κ1) is 22.3. The molecule has 1 unspecified atom stereocenters. The Morgan fingerprint density at radius 1 is 1.00 bits per heavy atom. The van der Waals surface area contributed by atoms with E-state index in [-0.39, 0.29) is 11.9 Å². The molecule has 1 amide bonds. The van der Waals surface area contributed by atoms with E-state index in [0.29, 0.717) is 42.5 Å². The van der Waals surface area contributed by atoms with E-state index >= 15 is 0 Å². The molecule has 162 valence electrons. The molecule has 1 atom stereocenters. The van der Waals surface area contributed by atoms with Crippen molar-refractivity contribution in [1.82, 2.24) is 9.62 Å². The summed E-state index contributed by atoms with van der Waals surface area (Å²) in [6.07, 6.45) is 0.530. The third-order valence-corrected chi connectivity index (χ3v) is 7.32. The average molecular weight is 431 g/mol. The van der Waals surface area contributed by atoms with Crippen molar-refractivity contribution in [2.45, 2.75) is 56.6 Å². The molecule has 6 nitrogen and oxygen atoms in total. The number of piperidine rings is 1. The van der Waals surface area contributed by atoms with Crippen molar-refractivity contribution >= 4 is 15.9 Å². The summed E-state index contributed by atoms with van der Waals surface area (Å²) in [5.41, 5.74) is 1.22. The molecule has 1 fully saturated rings. The Morgan fingerprint density at radius 3 is 2.17 bits per heavy atom. The molecule has 0 saturated carbocycles. The fourth-order valence-electron chi connectivity index (χ4n) is 3.49. The monoisotopic (exact) mass is 430 g/mol. The Bertz CT molecular complexity index is 935. The lowest BCUT2D eigenvalue weighted by molar-refractivity contribution is -0.128. The van der Waals surface area contributed by atoms with Crippen molar-refractivity contribution in [2.75, 3.05) is 13.1 Å². The Morgan fingerprint density at radius 2 is 1.60 bits per heavy atom. The highest BCUT2D eigenvalue weighted by atomic mass is 32.2. The highest BCUT2D eigenvalue weighted by Crippen LogP contribution is 2.22. The van der Waals surface area contributed by atoms with E-state index in [9.17, 15) is 13.2 Å². The highest BCUT2D eigenvalue weighted by molar-refractivity contribution is 7.89. The molecule has 7 heteroatoms. The van der Waals surface area contributed by atoms with Crippen LogP contribution in [0.1, 0.15) is 45.1 Å². The number of ether oxygens (including phenoxy) is 1. The highest BCUT2D eigenvalue weighted by Gasteiger charge is 2.30. The lowest BCUT2D eigenvalue weighted by Crippen LogP contribution is -2.49. The first-order valence-corrected chi connectivity index (χ1v) is 11.8. The van der Waals surface area contributed by atoms with Crippen LogP contribution in [0.2, 0.25) is 0 Å². The maximum absolute atomic E-state index is 12.7. The molecule has 0 bridgehead atoms. The molecule has 3 rings (SSSR count). The largest absolute Gasteiger partial charge is 0.481 e. The van der Waals surface area contributed by atoms with Gasteiger partial charge in [-0.25, -0.2) is 8.42 Å². The quantitative estimate of drug-likeness (QED) is 0.729. The Labute approximate surface area is 179 Å². The topological polar surface area (TPSA) is 75.7 Å². The van der Waals surface area contributed by atoms with Crippen LogP contribution in [0.5, 0.6) is 5.75 Å². The summed E-state index contributed by atoms with van der Waals surface area (Å²) in [7, 11) is -3.48. The Balaban J connectivity index is 1.50. The first-order valence-electron chi connectivity index (χ1n) is 10.4. The van der Waals surface area contributed by atoms with Gasteiger partial charge >= 0.3 is 0 Å². The summed E-state index contributed by atoms with van der Waals surface area (Å²) in [6, 6.07) is 16.2. The van der Waals surface area contributed by atoms with E-state index in [1.165, 1.54) is 9.87 Å². The molecular formula is C23H30N2O4S. The normalized spacial score (nSPS) is 16.9. The number of nitrogens with zero attached hydrogens (tertiary/aromatic N) is 1. The molecule has 1 aliphatic heterocycles. The zero-order chi connectivity index (χ0) is 21.7. The minimum absolute atomic E-state index is 0.0610. The van der Waals surface area contributed by atoms with Gasteiger partial charge in [0.25, 0.3) is 5.91 Å². The van der Waals surface area contributed by atoms with Crippen molar-refractivity contribution in [3.63, 3.8) is 0 Å². The molecule has 2 aromatic rings. The second-order valence-electron chi connectivity index (χ2n) is 7.98. The number of amides is 1. The first-order chi connectivity index (χ1) is 14.3. The molecule has 2 aromatic carbocycles. The smallest absolute Gasteiger partial charge is 0.260 e. The van der Waals surface area contributed by atoms with Crippen LogP contribution >= 0.6 is 0 Å². The third kappa shape index (κ3) is 5.40. The predicted molar refractivity (Wildman–Crippen MR) is 117 cm³/mol. The molecule has 0 radical (unpaired) electrons. The van der Waals surface area contributed by atoms with Crippen LogP contribution in [0.3, 0.4) is 0 Å². The molecular weight excluding hydrogens is 400 g/mol. The maximum atomic E-state index is 12.7. The van der Waals surface area contributed by atoms with Crippen LogP contribution in [0.4, 0.5) is 0 Å². The summed E-state index contributed by atoms with van der Waals surface area (Å²) in [6.45, 7) is 6.74. The van der Waals surface area contributed by atoms with E-state index in [2.05, 4.69) is 19.2 Å². The number of nitrogens with one attached hydrogen (secondary N) is 1. The fraction of sp³-hybridized carbons (Fsp3) is 0.435. The molecule has 0 spiro atoms. The summed E-state index contributed by atoms with van der Waals surface area (Å²) in [4.78, 5) is 12.8. The molecule has 30 heavy (non-hydrogen) atoms. The summed E-state index contributed by atoms with van der Waals surface area (Å²) >= 11 is 0. The molecule has 1 saturated heterocycles. The minimum Gasteiger partial charge on any atom is -0.481 e. The maximum Gasteiger partial charge on any atom is 0.260 e. The predicted octanol–water partition coefficient (Wildman–Crippen LogP) is 3.55. The van der Waals surface area contributed by atoms with Crippen molar-refractivity contribution in [2.24, 2.45) is 0 Å². The van der Waals surface area contributed by atoms with E-state index in [4.69, 9.17) is 4.74 Å². The number of benzene rings is 2. The van der Waals surface area contributed by atoms with Gasteiger partial charge in [0.2, 0.25) is 10.0 Å². The summed E-state index contributed by atoms with van der Waals surface area (Å²) in [5, 5.41) is 2.99. The average Bonchev–Trinajstić information content (AvgIpc) is 2.75. The van der Waals surface area contributed by atoms with Crippen molar-refractivity contribution < 1.29 is 17.9 Å². The number of hydrogen-bond donors (Lipinski definition) is 1. The molecule has 0 aromatic heterocycles. The number of sulfonamides is 1. The second-order valence-corrected chi connectivity index (χ2v) is 9.92. The van der Waals surface area contributed by atoms with Gasteiger partial charge in [-0.15, -0.1) is 0 Å². The van der Waals surface area contributed by atoms with Gasteiger partial charge in [-0.1, -0.05) is 44.2 Å². The summed E-state index contributed by atoms with van der Waals surface area (Å²) in [5.74, 6) is 0.912. The zero-order valence-electron chi connectivity index (χ0n) is 17.7. The zero-order valence-corrected chi connectivity index (χ0v) is 18.6. The van der Waals surface area contributed by atoms with Gasteiger partial charge in [0.15, 0.2) is 6.10 Å².